The SMILES string of the molecule is CCC(C)C(NC(=O)CNC(=O)C(N)CC(C)C)C(=O)NC(CCSC)C(=O)O. The average molecular weight is 433 g/mol. The molecule has 3 amide bonds. The molecule has 0 aromatic heterocycles. The molecule has 4 atom stereocenters. The van der Waals surface area contributed by atoms with E-state index in [0.29, 0.717) is 18.6 Å². The van der Waals surface area contributed by atoms with Gasteiger partial charge in [-0.05, 0) is 36.7 Å². The highest BCUT2D eigenvalue weighted by molar-refractivity contribution is 7.98. The van der Waals surface area contributed by atoms with Crippen molar-refractivity contribution >= 4 is 35.5 Å². The van der Waals surface area contributed by atoms with Crippen LogP contribution in [0.5, 0.6) is 0 Å². The Morgan fingerprint density at radius 3 is 2.17 bits per heavy atom. The molecule has 0 fully saturated rings. The van der Waals surface area contributed by atoms with Gasteiger partial charge in [0.25, 0.3) is 0 Å². The molecule has 0 aliphatic rings. The van der Waals surface area contributed by atoms with Crippen LogP contribution in [-0.2, 0) is 19.2 Å². The molecule has 0 bridgehead atoms. The number of hydrogen-bond donors (Lipinski definition) is 5. The Kier molecular flexibility index (Phi) is 13.3. The van der Waals surface area contributed by atoms with E-state index >= 15 is 0 Å². The molecule has 0 heterocycles. The van der Waals surface area contributed by atoms with Gasteiger partial charge < -0.3 is 26.8 Å². The van der Waals surface area contributed by atoms with Crippen molar-refractivity contribution in [3.05, 3.63) is 0 Å². The zero-order chi connectivity index (χ0) is 22.6. The van der Waals surface area contributed by atoms with Crippen molar-refractivity contribution in [3.63, 3.8) is 0 Å². The van der Waals surface area contributed by atoms with Crippen molar-refractivity contribution < 1.29 is 24.3 Å². The van der Waals surface area contributed by atoms with Crippen LogP contribution in [0.15, 0.2) is 0 Å². The minimum Gasteiger partial charge on any atom is -0.480 e. The Morgan fingerprint density at radius 2 is 1.69 bits per heavy atom. The van der Waals surface area contributed by atoms with Gasteiger partial charge in [-0.2, -0.15) is 11.8 Å². The van der Waals surface area contributed by atoms with Gasteiger partial charge >= 0.3 is 5.97 Å². The fourth-order valence-corrected chi connectivity index (χ4v) is 3.07. The minimum absolute atomic E-state index is 0.215. The maximum Gasteiger partial charge on any atom is 0.326 e. The second-order valence-corrected chi connectivity index (χ2v) is 8.55. The molecule has 0 saturated carbocycles. The van der Waals surface area contributed by atoms with Crippen LogP contribution in [0.2, 0.25) is 0 Å². The highest BCUT2D eigenvalue weighted by Crippen LogP contribution is 2.10. The number of amides is 3. The fourth-order valence-electron chi connectivity index (χ4n) is 2.59. The molecule has 6 N–H and O–H groups in total. The van der Waals surface area contributed by atoms with Gasteiger partial charge in [-0.15, -0.1) is 0 Å². The van der Waals surface area contributed by atoms with Gasteiger partial charge in [0.05, 0.1) is 12.6 Å². The maximum atomic E-state index is 12.6. The van der Waals surface area contributed by atoms with Crippen LogP contribution >= 0.6 is 11.8 Å². The van der Waals surface area contributed by atoms with Gasteiger partial charge in [0.15, 0.2) is 0 Å². The Hall–Kier alpha value is -1.81. The molecule has 0 rings (SSSR count). The minimum atomic E-state index is -1.12. The van der Waals surface area contributed by atoms with Crippen molar-refractivity contribution in [1.82, 2.24) is 16.0 Å². The summed E-state index contributed by atoms with van der Waals surface area (Å²) in [7, 11) is 0. The fraction of sp³-hybridized carbons (Fsp3) is 0.789. The van der Waals surface area contributed by atoms with Crippen molar-refractivity contribution in [3.8, 4) is 0 Å². The molecule has 9 nitrogen and oxygen atoms in total. The molecule has 0 aliphatic heterocycles. The lowest BCUT2D eigenvalue weighted by molar-refractivity contribution is -0.142. The van der Waals surface area contributed by atoms with E-state index in [1.807, 2.05) is 27.0 Å². The Morgan fingerprint density at radius 1 is 1.07 bits per heavy atom. The third-order valence-corrected chi connectivity index (χ3v) is 5.17. The third-order valence-electron chi connectivity index (χ3n) is 4.52. The largest absolute Gasteiger partial charge is 0.480 e. The normalized spacial score (nSPS) is 15.1. The topological polar surface area (TPSA) is 151 Å². The summed E-state index contributed by atoms with van der Waals surface area (Å²) >= 11 is 1.48. The lowest BCUT2D eigenvalue weighted by Gasteiger charge is -2.25. The number of carbonyl (C=O) groups is 4. The number of nitrogens with one attached hydrogen (secondary N) is 3. The lowest BCUT2D eigenvalue weighted by Crippen LogP contribution is -2.56. The first kappa shape index (κ1) is 27.2. The van der Waals surface area contributed by atoms with E-state index in [2.05, 4.69) is 16.0 Å². The van der Waals surface area contributed by atoms with Crippen LogP contribution in [-0.4, -0.2) is 65.5 Å². The molecule has 0 aliphatic carbocycles. The molecule has 0 saturated heterocycles. The van der Waals surface area contributed by atoms with Crippen LogP contribution in [0.25, 0.3) is 0 Å². The van der Waals surface area contributed by atoms with Gasteiger partial charge in [0, 0.05) is 0 Å². The number of hydrogen-bond acceptors (Lipinski definition) is 6. The number of carbonyl (C=O) groups excluding carboxylic acids is 3. The monoisotopic (exact) mass is 432 g/mol. The predicted octanol–water partition coefficient (Wildman–Crippen LogP) is 0.329. The van der Waals surface area contributed by atoms with Gasteiger partial charge in [0.1, 0.15) is 12.1 Å². The van der Waals surface area contributed by atoms with Gasteiger partial charge in [-0.3, -0.25) is 14.4 Å². The summed E-state index contributed by atoms with van der Waals surface area (Å²) in [4.78, 5) is 48.2. The van der Waals surface area contributed by atoms with E-state index in [-0.39, 0.29) is 24.8 Å². The van der Waals surface area contributed by atoms with E-state index in [1.54, 1.807) is 6.92 Å². The van der Waals surface area contributed by atoms with Crippen LogP contribution < -0.4 is 21.7 Å². The molecule has 168 valence electrons. The average Bonchev–Trinajstić information content (AvgIpc) is 2.65. The first-order valence-corrected chi connectivity index (χ1v) is 11.3. The zero-order valence-corrected chi connectivity index (χ0v) is 18.8. The first-order valence-electron chi connectivity index (χ1n) is 9.88. The number of aliphatic carboxylic acids is 1. The van der Waals surface area contributed by atoms with E-state index in [4.69, 9.17) is 5.73 Å². The molecule has 0 aromatic rings. The molecular weight excluding hydrogens is 396 g/mol. The molecule has 0 radical (unpaired) electrons. The highest BCUT2D eigenvalue weighted by Gasteiger charge is 2.29. The van der Waals surface area contributed by atoms with Gasteiger partial charge in [0.2, 0.25) is 17.7 Å². The van der Waals surface area contributed by atoms with Crippen molar-refractivity contribution in [2.24, 2.45) is 17.6 Å². The summed E-state index contributed by atoms with van der Waals surface area (Å²) in [5.74, 6) is -2.02. The van der Waals surface area contributed by atoms with E-state index in [9.17, 15) is 24.3 Å². The maximum absolute atomic E-state index is 12.6. The molecule has 0 spiro atoms. The van der Waals surface area contributed by atoms with Crippen molar-refractivity contribution in [2.45, 2.75) is 65.1 Å². The summed E-state index contributed by atoms with van der Waals surface area (Å²) < 4.78 is 0. The van der Waals surface area contributed by atoms with E-state index in [0.717, 1.165) is 0 Å². The van der Waals surface area contributed by atoms with Crippen molar-refractivity contribution in [2.75, 3.05) is 18.6 Å². The second kappa shape index (κ2) is 14.2. The van der Waals surface area contributed by atoms with Crippen LogP contribution in [0.1, 0.15) is 47.0 Å². The molecular formula is C19H36N4O5S. The predicted molar refractivity (Wildman–Crippen MR) is 114 cm³/mol. The third kappa shape index (κ3) is 11.1. The highest BCUT2D eigenvalue weighted by atomic mass is 32.2. The first-order chi connectivity index (χ1) is 13.5. The standard InChI is InChI=1S/C19H36N4O5S/c1-6-12(4)16(18(26)22-14(19(27)28)7-8-29-5)23-15(24)10-21-17(25)13(20)9-11(2)3/h11-14,16H,6-10,20H2,1-5H3,(H,21,25)(H,22,26)(H,23,24)(H,27,28). The van der Waals surface area contributed by atoms with Crippen LogP contribution in [0.4, 0.5) is 0 Å². The van der Waals surface area contributed by atoms with Crippen molar-refractivity contribution in [1.29, 1.82) is 0 Å². The summed E-state index contributed by atoms with van der Waals surface area (Å²) in [5.41, 5.74) is 5.78. The number of rotatable bonds is 14. The zero-order valence-electron chi connectivity index (χ0n) is 18.0. The molecule has 10 heteroatoms. The van der Waals surface area contributed by atoms with E-state index in [1.165, 1.54) is 11.8 Å². The number of carboxylic acid groups (broad SMARTS) is 1. The van der Waals surface area contributed by atoms with Crippen LogP contribution in [0.3, 0.4) is 0 Å². The molecule has 4 unspecified atom stereocenters. The summed E-state index contributed by atoms with van der Waals surface area (Å²) in [5, 5.41) is 16.9. The Labute approximate surface area is 177 Å². The smallest absolute Gasteiger partial charge is 0.326 e. The second-order valence-electron chi connectivity index (χ2n) is 7.57. The molecule has 0 aromatic carbocycles. The number of thioether (sulfide) groups is 1. The quantitative estimate of drug-likeness (QED) is 0.265. The molecule has 29 heavy (non-hydrogen) atoms. The Balaban J connectivity index is 4.89. The number of nitrogens with two attached hydrogens (primary N) is 1. The van der Waals surface area contributed by atoms with E-state index < -0.39 is 41.8 Å². The summed E-state index contributed by atoms with van der Waals surface area (Å²) in [6, 6.07) is -2.62. The van der Waals surface area contributed by atoms with Crippen LogP contribution in [0, 0.1) is 11.8 Å². The van der Waals surface area contributed by atoms with Gasteiger partial charge in [-0.25, -0.2) is 4.79 Å². The summed E-state index contributed by atoms with van der Waals surface area (Å²) in [6.07, 6.45) is 3.24. The number of carboxylic acids is 1. The summed E-state index contributed by atoms with van der Waals surface area (Å²) in [6.45, 7) is 7.24. The lowest BCUT2D eigenvalue weighted by atomic mass is 9.97. The van der Waals surface area contributed by atoms with Gasteiger partial charge in [-0.1, -0.05) is 34.1 Å². The Bertz CT molecular complexity index is 559.